The number of amides is 1. The number of halogens is 1. The molecule has 5 rings (SSSR count). The fraction of sp³-hybridized carbons (Fsp3) is 0.280. The minimum Gasteiger partial charge on any atom is -0.353 e. The van der Waals surface area contributed by atoms with Crippen molar-refractivity contribution in [3.63, 3.8) is 0 Å². The van der Waals surface area contributed by atoms with Crippen molar-refractivity contribution in [3.8, 4) is 11.1 Å². The molecule has 0 radical (unpaired) electrons. The van der Waals surface area contributed by atoms with Crippen molar-refractivity contribution >= 4 is 23.3 Å². The lowest BCUT2D eigenvalue weighted by Crippen LogP contribution is -2.40. The van der Waals surface area contributed by atoms with E-state index in [0.717, 1.165) is 35.2 Å². The van der Waals surface area contributed by atoms with Crippen molar-refractivity contribution in [3.05, 3.63) is 83.1 Å². The molecule has 1 aromatic heterocycles. The van der Waals surface area contributed by atoms with E-state index in [1.165, 1.54) is 0 Å². The predicted molar refractivity (Wildman–Crippen MR) is 120 cm³/mol. The number of aromatic nitrogens is 1. The van der Waals surface area contributed by atoms with Crippen LogP contribution in [0.3, 0.4) is 0 Å². The molecule has 2 aromatic carbocycles. The average Bonchev–Trinajstić information content (AvgIpc) is 3.47. The van der Waals surface area contributed by atoms with Crippen molar-refractivity contribution in [1.82, 2.24) is 9.47 Å². The summed E-state index contributed by atoms with van der Waals surface area (Å²) in [5.41, 5.74) is 3.52. The van der Waals surface area contributed by atoms with Gasteiger partial charge in [0.1, 0.15) is 5.84 Å². The number of hydrogen-bond donors (Lipinski definition) is 1. The summed E-state index contributed by atoms with van der Waals surface area (Å²) in [5.74, 6) is 0.791. The molecule has 2 aliphatic rings. The number of benzene rings is 2. The summed E-state index contributed by atoms with van der Waals surface area (Å²) in [4.78, 5) is 15.5. The minimum absolute atomic E-state index is 0.0689. The molecule has 1 saturated heterocycles. The molecular formula is C25H24ClN3O. The normalized spacial score (nSPS) is 21.5. The van der Waals surface area contributed by atoms with Crippen LogP contribution < -0.4 is 0 Å². The first-order valence-corrected chi connectivity index (χ1v) is 10.7. The number of carbonyl (C=O) groups is 1. The van der Waals surface area contributed by atoms with Gasteiger partial charge in [-0.05, 0) is 59.7 Å². The Labute approximate surface area is 181 Å². The second-order valence-electron chi connectivity index (χ2n) is 8.46. The maximum atomic E-state index is 13.8. The number of amidine groups is 1. The SMILES string of the molecule is Cn1cccc1CN1C(=N)CC(c2cccc(-c3cccc(Cl)c3)c2)(C2CC2)C1=O. The molecule has 0 spiro atoms. The fourth-order valence-electron chi connectivity index (χ4n) is 4.79. The molecule has 1 unspecified atom stereocenters. The summed E-state index contributed by atoms with van der Waals surface area (Å²) in [6.07, 6.45) is 4.53. The average molecular weight is 418 g/mol. The molecule has 2 heterocycles. The molecule has 1 N–H and O–H groups in total. The highest BCUT2D eigenvalue weighted by atomic mass is 35.5. The molecule has 1 aliphatic carbocycles. The maximum absolute atomic E-state index is 13.8. The van der Waals surface area contributed by atoms with Gasteiger partial charge in [0, 0.05) is 30.4 Å². The Balaban J connectivity index is 1.54. The summed E-state index contributed by atoms with van der Waals surface area (Å²) in [7, 11) is 1.97. The Morgan fingerprint density at radius 1 is 1.07 bits per heavy atom. The zero-order valence-electron chi connectivity index (χ0n) is 16.9. The molecule has 0 bridgehead atoms. The van der Waals surface area contributed by atoms with Crippen LogP contribution in [-0.4, -0.2) is 21.2 Å². The van der Waals surface area contributed by atoms with Crippen molar-refractivity contribution in [2.24, 2.45) is 13.0 Å². The van der Waals surface area contributed by atoms with E-state index in [4.69, 9.17) is 17.0 Å². The van der Waals surface area contributed by atoms with Gasteiger partial charge in [-0.25, -0.2) is 0 Å². The molecule has 1 amide bonds. The van der Waals surface area contributed by atoms with Crippen molar-refractivity contribution < 1.29 is 4.79 Å². The van der Waals surface area contributed by atoms with Crippen LogP contribution in [0.2, 0.25) is 5.02 Å². The van der Waals surface area contributed by atoms with Crippen LogP contribution in [0.15, 0.2) is 66.9 Å². The summed E-state index contributed by atoms with van der Waals surface area (Å²) in [6, 6.07) is 20.0. The number of rotatable bonds is 5. The Hall–Kier alpha value is -2.85. The van der Waals surface area contributed by atoms with Crippen LogP contribution in [0, 0.1) is 11.3 Å². The van der Waals surface area contributed by atoms with E-state index in [9.17, 15) is 4.79 Å². The van der Waals surface area contributed by atoms with Gasteiger partial charge in [0.05, 0.1) is 12.0 Å². The third kappa shape index (κ3) is 3.07. The van der Waals surface area contributed by atoms with Gasteiger partial charge in [0.25, 0.3) is 0 Å². The number of aryl methyl sites for hydroxylation is 1. The predicted octanol–water partition coefficient (Wildman–Crippen LogP) is 5.40. The van der Waals surface area contributed by atoms with Gasteiger partial charge in [-0.3, -0.25) is 15.1 Å². The molecule has 152 valence electrons. The smallest absolute Gasteiger partial charge is 0.239 e. The van der Waals surface area contributed by atoms with Crippen LogP contribution >= 0.6 is 11.6 Å². The first-order chi connectivity index (χ1) is 14.5. The van der Waals surface area contributed by atoms with Crippen LogP contribution in [0.1, 0.15) is 30.5 Å². The molecular weight excluding hydrogens is 394 g/mol. The summed E-state index contributed by atoms with van der Waals surface area (Å²) in [6.45, 7) is 0.448. The number of nitrogens with zero attached hydrogens (tertiary/aromatic N) is 2. The third-order valence-electron chi connectivity index (χ3n) is 6.58. The van der Waals surface area contributed by atoms with Gasteiger partial charge in [-0.15, -0.1) is 0 Å². The van der Waals surface area contributed by atoms with Crippen molar-refractivity contribution in [2.75, 3.05) is 0 Å². The number of hydrogen-bond acceptors (Lipinski definition) is 2. The Morgan fingerprint density at radius 3 is 2.47 bits per heavy atom. The van der Waals surface area contributed by atoms with Crippen LogP contribution in [0.25, 0.3) is 11.1 Å². The van der Waals surface area contributed by atoms with E-state index < -0.39 is 5.41 Å². The molecule has 4 nitrogen and oxygen atoms in total. The summed E-state index contributed by atoms with van der Waals surface area (Å²) >= 11 is 6.20. The van der Waals surface area contributed by atoms with Gasteiger partial charge in [0.2, 0.25) is 5.91 Å². The largest absolute Gasteiger partial charge is 0.353 e. The highest BCUT2D eigenvalue weighted by Crippen LogP contribution is 2.54. The molecule has 1 aliphatic heterocycles. The van der Waals surface area contributed by atoms with Gasteiger partial charge in [-0.1, -0.05) is 48.0 Å². The molecule has 1 saturated carbocycles. The van der Waals surface area contributed by atoms with Crippen LogP contribution in [0.5, 0.6) is 0 Å². The lowest BCUT2D eigenvalue weighted by Gasteiger charge is -2.28. The van der Waals surface area contributed by atoms with E-state index >= 15 is 0 Å². The fourth-order valence-corrected chi connectivity index (χ4v) is 4.98. The minimum atomic E-state index is -0.628. The molecule has 2 fully saturated rings. The lowest BCUT2D eigenvalue weighted by molar-refractivity contribution is -0.132. The first kappa shape index (κ1) is 19.1. The quantitative estimate of drug-likeness (QED) is 0.593. The van der Waals surface area contributed by atoms with Crippen molar-refractivity contribution in [2.45, 2.75) is 31.2 Å². The van der Waals surface area contributed by atoms with Crippen LogP contribution in [-0.2, 0) is 23.8 Å². The van der Waals surface area contributed by atoms with E-state index in [0.29, 0.717) is 29.7 Å². The first-order valence-electron chi connectivity index (χ1n) is 10.3. The van der Waals surface area contributed by atoms with Crippen LogP contribution in [0.4, 0.5) is 0 Å². The monoisotopic (exact) mass is 417 g/mol. The van der Waals surface area contributed by atoms with E-state index in [1.54, 1.807) is 4.90 Å². The molecule has 5 heteroatoms. The maximum Gasteiger partial charge on any atom is 0.239 e. The zero-order chi connectivity index (χ0) is 20.9. The zero-order valence-corrected chi connectivity index (χ0v) is 17.7. The number of carbonyl (C=O) groups excluding carboxylic acids is 1. The summed E-state index contributed by atoms with van der Waals surface area (Å²) in [5, 5.41) is 9.36. The lowest BCUT2D eigenvalue weighted by atomic mass is 9.74. The highest BCUT2D eigenvalue weighted by Gasteiger charge is 2.58. The topological polar surface area (TPSA) is 49.1 Å². The van der Waals surface area contributed by atoms with Gasteiger partial charge >= 0.3 is 0 Å². The van der Waals surface area contributed by atoms with Gasteiger partial charge in [0.15, 0.2) is 0 Å². The second kappa shape index (κ2) is 7.13. The number of likely N-dealkylation sites (tertiary alicyclic amines) is 1. The van der Waals surface area contributed by atoms with E-state index in [1.807, 2.05) is 60.3 Å². The highest BCUT2D eigenvalue weighted by molar-refractivity contribution is 6.30. The summed E-state index contributed by atoms with van der Waals surface area (Å²) < 4.78 is 2.01. The number of nitrogens with one attached hydrogen (secondary N) is 1. The van der Waals surface area contributed by atoms with Crippen molar-refractivity contribution in [1.29, 1.82) is 5.41 Å². The second-order valence-corrected chi connectivity index (χ2v) is 8.90. The molecule has 3 aromatic rings. The Bertz CT molecular complexity index is 1150. The molecule has 30 heavy (non-hydrogen) atoms. The van der Waals surface area contributed by atoms with Gasteiger partial charge in [-0.2, -0.15) is 0 Å². The van der Waals surface area contributed by atoms with E-state index in [2.05, 4.69) is 18.2 Å². The van der Waals surface area contributed by atoms with Gasteiger partial charge < -0.3 is 4.57 Å². The Morgan fingerprint density at radius 2 is 1.80 bits per heavy atom. The standard InChI is InChI=1S/C25H24ClN3O/c1-28-12-4-9-22(28)16-29-23(27)15-25(24(29)30,19-10-11-19)20-7-2-5-17(13-20)18-6-3-8-21(26)14-18/h2-9,12-14,19,27H,10-11,15-16H2,1H3. The van der Waals surface area contributed by atoms with E-state index in [-0.39, 0.29) is 5.91 Å². The molecule has 1 atom stereocenters. The Kier molecular flexibility index (Phi) is 4.55. The third-order valence-corrected chi connectivity index (χ3v) is 6.82.